The summed E-state index contributed by atoms with van der Waals surface area (Å²) in [6, 6.07) is 8.90. The second-order valence-corrected chi connectivity index (χ2v) is 5.10. The molecule has 0 spiro atoms. The van der Waals surface area contributed by atoms with Crippen LogP contribution in [-0.4, -0.2) is 43.5 Å². The Morgan fingerprint density at radius 1 is 1.43 bits per heavy atom. The van der Waals surface area contributed by atoms with Crippen LogP contribution in [-0.2, 0) is 9.53 Å². The predicted octanol–water partition coefficient (Wildman–Crippen LogP) is 1.62. The number of carbonyl (C=O) groups excluding carboxylic acids is 1. The largest absolute Gasteiger partial charge is 0.489 e. The number of hydrogen-bond donors (Lipinski definition) is 2. The number of nitrogens with zero attached hydrogens (tertiary/aromatic N) is 1. The monoisotopic (exact) mass is 320 g/mol. The first-order valence-corrected chi connectivity index (χ1v) is 7.83. The lowest BCUT2D eigenvalue weighted by Crippen LogP contribution is -2.32. The van der Waals surface area contributed by atoms with E-state index in [1.807, 2.05) is 13.0 Å². The summed E-state index contributed by atoms with van der Waals surface area (Å²) in [5.74, 6) is 0.216. The summed E-state index contributed by atoms with van der Waals surface area (Å²) in [4.78, 5) is 11.4. The molecule has 1 aromatic rings. The molecule has 0 aliphatic rings. The van der Waals surface area contributed by atoms with Crippen molar-refractivity contribution in [2.24, 2.45) is 0 Å². The number of ether oxygens (including phenoxy) is 2. The van der Waals surface area contributed by atoms with Crippen molar-refractivity contribution in [1.29, 1.82) is 5.26 Å². The lowest BCUT2D eigenvalue weighted by molar-refractivity contribution is -0.143. The minimum Gasteiger partial charge on any atom is -0.489 e. The molecule has 1 unspecified atom stereocenters. The fourth-order valence-electron chi connectivity index (χ4n) is 1.79. The number of esters is 1. The highest BCUT2D eigenvalue weighted by Crippen LogP contribution is 2.16. The van der Waals surface area contributed by atoms with Gasteiger partial charge in [0.1, 0.15) is 24.5 Å². The number of carbonyl (C=O) groups is 1. The maximum absolute atomic E-state index is 11.4. The Hall–Kier alpha value is -2.10. The highest BCUT2D eigenvalue weighted by Gasteiger charge is 2.08. The predicted molar refractivity (Wildman–Crippen MR) is 86.0 cm³/mol. The molecule has 0 fully saturated rings. The second kappa shape index (κ2) is 11.5. The molecular weight excluding hydrogens is 296 g/mol. The van der Waals surface area contributed by atoms with Gasteiger partial charge in [-0.15, -0.1) is 0 Å². The number of hydrogen-bond acceptors (Lipinski definition) is 6. The molecule has 1 atom stereocenters. The van der Waals surface area contributed by atoms with Crippen LogP contribution < -0.4 is 10.1 Å². The van der Waals surface area contributed by atoms with Gasteiger partial charge in [0, 0.05) is 13.1 Å². The average molecular weight is 320 g/mol. The number of rotatable bonds is 11. The lowest BCUT2D eigenvalue weighted by Gasteiger charge is -2.13. The van der Waals surface area contributed by atoms with Crippen molar-refractivity contribution in [1.82, 2.24) is 5.32 Å². The highest BCUT2D eigenvalue weighted by molar-refractivity contribution is 5.69. The van der Waals surface area contributed by atoms with Gasteiger partial charge < -0.3 is 19.9 Å². The first kappa shape index (κ1) is 18.9. The first-order chi connectivity index (χ1) is 11.2. The number of unbranched alkanes of at least 4 members (excludes halogenated alkanes) is 1. The van der Waals surface area contributed by atoms with Gasteiger partial charge in [0.05, 0.1) is 18.6 Å². The quantitative estimate of drug-likeness (QED) is 0.475. The van der Waals surface area contributed by atoms with E-state index >= 15 is 0 Å². The Balaban J connectivity index is 2.14. The van der Waals surface area contributed by atoms with E-state index in [1.165, 1.54) is 0 Å². The third-order valence-electron chi connectivity index (χ3n) is 3.09. The van der Waals surface area contributed by atoms with Crippen LogP contribution in [0.4, 0.5) is 0 Å². The minimum atomic E-state index is -0.724. The van der Waals surface area contributed by atoms with Gasteiger partial charge in [-0.05, 0) is 18.6 Å². The van der Waals surface area contributed by atoms with Crippen LogP contribution in [0.1, 0.15) is 31.7 Å². The van der Waals surface area contributed by atoms with E-state index in [0.29, 0.717) is 31.0 Å². The molecule has 6 heteroatoms. The Morgan fingerprint density at radius 3 is 2.96 bits per heavy atom. The van der Waals surface area contributed by atoms with E-state index in [0.717, 1.165) is 12.8 Å². The maximum atomic E-state index is 11.4. The maximum Gasteiger partial charge on any atom is 0.307 e. The second-order valence-electron chi connectivity index (χ2n) is 5.10. The molecular formula is C17H24N2O4. The highest BCUT2D eigenvalue weighted by atomic mass is 16.5. The van der Waals surface area contributed by atoms with Crippen LogP contribution in [0.2, 0.25) is 0 Å². The van der Waals surface area contributed by atoms with Gasteiger partial charge in [0.25, 0.3) is 0 Å². The van der Waals surface area contributed by atoms with Gasteiger partial charge in [0.15, 0.2) is 0 Å². The van der Waals surface area contributed by atoms with Gasteiger partial charge in [0.2, 0.25) is 0 Å². The van der Waals surface area contributed by atoms with Crippen molar-refractivity contribution >= 4 is 5.97 Å². The van der Waals surface area contributed by atoms with Gasteiger partial charge in [-0.3, -0.25) is 4.79 Å². The molecule has 0 radical (unpaired) electrons. The van der Waals surface area contributed by atoms with Crippen LogP contribution in [0.3, 0.4) is 0 Å². The SMILES string of the molecule is CCCCOC(=O)CCNCC(O)COc1ccccc1C#N. The summed E-state index contributed by atoms with van der Waals surface area (Å²) >= 11 is 0. The van der Waals surface area contributed by atoms with E-state index in [9.17, 15) is 9.90 Å². The van der Waals surface area contributed by atoms with Crippen LogP contribution in [0.5, 0.6) is 5.75 Å². The van der Waals surface area contributed by atoms with Crippen molar-refractivity contribution in [3.05, 3.63) is 29.8 Å². The Bertz CT molecular complexity index is 514. The van der Waals surface area contributed by atoms with E-state index in [2.05, 4.69) is 5.32 Å². The number of benzene rings is 1. The van der Waals surface area contributed by atoms with E-state index in [4.69, 9.17) is 14.7 Å². The number of aliphatic hydroxyl groups excluding tert-OH is 1. The summed E-state index contributed by atoms with van der Waals surface area (Å²) in [5.41, 5.74) is 0.433. The van der Waals surface area contributed by atoms with E-state index < -0.39 is 6.10 Å². The standard InChI is InChI=1S/C17H24N2O4/c1-2-3-10-22-17(21)8-9-19-12-15(20)13-23-16-7-5-4-6-14(16)11-18/h4-7,15,19-20H,2-3,8-10,12-13H2,1H3. The molecule has 0 aliphatic heterocycles. The van der Waals surface area contributed by atoms with Crippen LogP contribution in [0, 0.1) is 11.3 Å². The van der Waals surface area contributed by atoms with Crippen molar-refractivity contribution in [3.8, 4) is 11.8 Å². The van der Waals surface area contributed by atoms with Gasteiger partial charge in [-0.25, -0.2) is 0 Å². The van der Waals surface area contributed by atoms with Crippen molar-refractivity contribution < 1.29 is 19.4 Å². The normalized spacial score (nSPS) is 11.5. The van der Waals surface area contributed by atoms with Crippen molar-refractivity contribution in [3.63, 3.8) is 0 Å². The summed E-state index contributed by atoms with van der Waals surface area (Å²) in [6.45, 7) is 3.32. The van der Waals surface area contributed by atoms with Crippen LogP contribution >= 0.6 is 0 Å². The van der Waals surface area contributed by atoms with Crippen LogP contribution in [0.25, 0.3) is 0 Å². The Labute approximate surface area is 137 Å². The summed E-state index contributed by atoms with van der Waals surface area (Å²) in [7, 11) is 0. The molecule has 0 aliphatic carbocycles. The van der Waals surface area contributed by atoms with Gasteiger partial charge >= 0.3 is 5.97 Å². The van der Waals surface area contributed by atoms with Crippen molar-refractivity contribution in [2.45, 2.75) is 32.3 Å². The molecule has 0 heterocycles. The number of aliphatic hydroxyl groups is 1. The average Bonchev–Trinajstić information content (AvgIpc) is 2.57. The smallest absolute Gasteiger partial charge is 0.307 e. The topological polar surface area (TPSA) is 91.6 Å². The fraction of sp³-hybridized carbons (Fsp3) is 0.529. The summed E-state index contributed by atoms with van der Waals surface area (Å²) < 4.78 is 10.5. The zero-order chi connectivity index (χ0) is 16.9. The Kier molecular flexibility index (Phi) is 9.45. The zero-order valence-corrected chi connectivity index (χ0v) is 13.5. The summed E-state index contributed by atoms with van der Waals surface area (Å²) in [6.07, 6.45) is 1.42. The number of nitriles is 1. The molecule has 1 rings (SSSR count). The number of nitrogens with one attached hydrogen (secondary N) is 1. The van der Waals surface area contributed by atoms with Crippen LogP contribution in [0.15, 0.2) is 24.3 Å². The molecule has 0 saturated carbocycles. The van der Waals surface area contributed by atoms with Crippen molar-refractivity contribution in [2.75, 3.05) is 26.3 Å². The number of para-hydroxylation sites is 1. The molecule has 0 aromatic heterocycles. The third kappa shape index (κ3) is 8.19. The molecule has 0 saturated heterocycles. The molecule has 0 bridgehead atoms. The fourth-order valence-corrected chi connectivity index (χ4v) is 1.79. The Morgan fingerprint density at radius 2 is 2.22 bits per heavy atom. The lowest BCUT2D eigenvalue weighted by atomic mass is 10.2. The summed E-state index contributed by atoms with van der Waals surface area (Å²) in [5, 5.41) is 21.7. The molecule has 23 heavy (non-hydrogen) atoms. The molecule has 1 aromatic carbocycles. The van der Waals surface area contributed by atoms with Gasteiger partial charge in [-0.1, -0.05) is 25.5 Å². The van der Waals surface area contributed by atoms with E-state index in [1.54, 1.807) is 24.3 Å². The molecule has 6 nitrogen and oxygen atoms in total. The first-order valence-electron chi connectivity index (χ1n) is 7.83. The molecule has 0 amide bonds. The molecule has 2 N–H and O–H groups in total. The zero-order valence-electron chi connectivity index (χ0n) is 13.5. The minimum absolute atomic E-state index is 0.0760. The third-order valence-corrected chi connectivity index (χ3v) is 3.09. The molecule has 126 valence electrons. The van der Waals surface area contributed by atoms with Gasteiger partial charge in [-0.2, -0.15) is 5.26 Å². The van der Waals surface area contributed by atoms with E-state index in [-0.39, 0.29) is 19.0 Å².